The maximum Gasteiger partial charge on any atom is 0.143 e. The van der Waals surface area contributed by atoms with E-state index >= 15 is 0 Å². The predicted molar refractivity (Wildman–Crippen MR) is 89.0 cm³/mol. The molecule has 0 spiro atoms. The Labute approximate surface area is 134 Å². The van der Waals surface area contributed by atoms with Crippen molar-refractivity contribution in [2.75, 3.05) is 7.11 Å². The second-order valence-electron chi connectivity index (χ2n) is 7.05. The van der Waals surface area contributed by atoms with E-state index in [1.54, 1.807) is 7.11 Å². The van der Waals surface area contributed by atoms with Crippen molar-refractivity contribution in [1.29, 1.82) is 0 Å². The zero-order chi connectivity index (χ0) is 15.4. The van der Waals surface area contributed by atoms with Crippen molar-refractivity contribution in [3.63, 3.8) is 0 Å². The molecule has 0 aliphatic heterocycles. The lowest BCUT2D eigenvalue weighted by Crippen LogP contribution is -2.49. The van der Waals surface area contributed by atoms with Crippen LogP contribution >= 0.6 is 0 Å². The van der Waals surface area contributed by atoms with Gasteiger partial charge in [0.25, 0.3) is 0 Å². The molecule has 1 aromatic carbocycles. The molecule has 3 atom stereocenters. The van der Waals surface area contributed by atoms with Crippen LogP contribution in [0.25, 0.3) is 0 Å². The third-order valence-corrected chi connectivity index (χ3v) is 5.91. The number of rotatable bonds is 2. The summed E-state index contributed by atoms with van der Waals surface area (Å²) in [5, 5.41) is 0. The van der Waals surface area contributed by atoms with Crippen LogP contribution in [-0.4, -0.2) is 19.0 Å². The van der Waals surface area contributed by atoms with Crippen LogP contribution in [0.5, 0.6) is 0 Å². The summed E-state index contributed by atoms with van der Waals surface area (Å²) in [6.45, 7) is 0. The molecule has 2 nitrogen and oxygen atoms in total. The first-order valence-corrected chi connectivity index (χ1v) is 8.89. The fourth-order valence-electron chi connectivity index (χ4n) is 4.70. The monoisotopic (exact) mass is 300 g/mol. The summed E-state index contributed by atoms with van der Waals surface area (Å²) in [6, 6.07) is 10.5. The van der Waals surface area contributed by atoms with Crippen molar-refractivity contribution in [1.82, 2.24) is 0 Å². The summed E-state index contributed by atoms with van der Waals surface area (Å²) < 4.78 is 5.69. The third kappa shape index (κ3) is 2.86. The fourth-order valence-corrected chi connectivity index (χ4v) is 4.70. The highest BCUT2D eigenvalue weighted by Gasteiger charge is 2.49. The van der Waals surface area contributed by atoms with Crippen LogP contribution in [-0.2, 0) is 14.9 Å². The highest BCUT2D eigenvalue weighted by Crippen LogP contribution is 2.48. The normalized spacial score (nSPS) is 33.4. The van der Waals surface area contributed by atoms with Crippen molar-refractivity contribution < 1.29 is 9.53 Å². The van der Waals surface area contributed by atoms with Gasteiger partial charge in [-0.1, -0.05) is 49.6 Å². The molecule has 120 valence electrons. The summed E-state index contributed by atoms with van der Waals surface area (Å²) in [5.41, 5.74) is 0.929. The molecule has 1 aromatic rings. The predicted octanol–water partition coefficient (Wildman–Crippen LogP) is 4.66. The van der Waals surface area contributed by atoms with Crippen LogP contribution in [0, 0.1) is 5.92 Å². The molecule has 0 radical (unpaired) electrons. The van der Waals surface area contributed by atoms with Crippen molar-refractivity contribution in [2.45, 2.75) is 69.3 Å². The van der Waals surface area contributed by atoms with E-state index in [0.717, 1.165) is 32.1 Å². The highest BCUT2D eigenvalue weighted by atomic mass is 16.5. The van der Waals surface area contributed by atoms with Crippen LogP contribution in [0.2, 0.25) is 0 Å². The fraction of sp³-hybridized carbons (Fsp3) is 0.650. The Balaban J connectivity index is 2.05. The average Bonchev–Trinajstić information content (AvgIpc) is 2.65. The number of benzene rings is 1. The van der Waals surface area contributed by atoms with E-state index in [0.29, 0.717) is 11.7 Å². The SMILES string of the molecule is COC1CC[C@@H]2CCCCCCC(=O)[C@]2(c2ccccc2)C1. The summed E-state index contributed by atoms with van der Waals surface area (Å²) in [7, 11) is 1.79. The largest absolute Gasteiger partial charge is 0.381 e. The van der Waals surface area contributed by atoms with Crippen molar-refractivity contribution in [3.05, 3.63) is 35.9 Å². The van der Waals surface area contributed by atoms with Gasteiger partial charge in [0.1, 0.15) is 5.78 Å². The van der Waals surface area contributed by atoms with Gasteiger partial charge in [0.05, 0.1) is 11.5 Å². The number of carbonyl (C=O) groups is 1. The Morgan fingerprint density at radius 2 is 1.77 bits per heavy atom. The summed E-state index contributed by atoms with van der Waals surface area (Å²) in [5.74, 6) is 0.958. The van der Waals surface area contributed by atoms with Gasteiger partial charge in [-0.3, -0.25) is 4.79 Å². The van der Waals surface area contributed by atoms with Gasteiger partial charge in [-0.2, -0.15) is 0 Å². The molecule has 3 rings (SSSR count). The van der Waals surface area contributed by atoms with Crippen LogP contribution in [0.4, 0.5) is 0 Å². The van der Waals surface area contributed by atoms with Gasteiger partial charge in [-0.05, 0) is 43.6 Å². The van der Waals surface area contributed by atoms with E-state index in [1.165, 1.54) is 31.2 Å². The molecule has 2 heteroatoms. The number of fused-ring (bicyclic) bond motifs is 1. The molecule has 2 fully saturated rings. The molecule has 0 amide bonds. The van der Waals surface area contributed by atoms with E-state index in [1.807, 2.05) is 6.07 Å². The molecule has 2 aliphatic carbocycles. The minimum atomic E-state index is -0.301. The number of Topliss-reactive ketones (excluding diaryl/α,β-unsaturated/α-hetero) is 1. The standard InChI is InChI=1S/C20H28O2/c1-22-18-14-13-17-11-5-2-3-8-12-19(21)20(17,15-18)16-9-6-4-7-10-16/h4,6-7,9-10,17-18H,2-3,5,8,11-15H2,1H3/t17-,18?,20-/m0/s1. The third-order valence-electron chi connectivity index (χ3n) is 5.91. The second-order valence-corrected chi connectivity index (χ2v) is 7.05. The highest BCUT2D eigenvalue weighted by molar-refractivity contribution is 5.90. The van der Waals surface area contributed by atoms with Gasteiger partial charge in [0.15, 0.2) is 0 Å². The average molecular weight is 300 g/mol. The smallest absolute Gasteiger partial charge is 0.143 e. The van der Waals surface area contributed by atoms with E-state index < -0.39 is 0 Å². The van der Waals surface area contributed by atoms with E-state index in [4.69, 9.17) is 4.74 Å². The Morgan fingerprint density at radius 1 is 1.00 bits per heavy atom. The topological polar surface area (TPSA) is 26.3 Å². The van der Waals surface area contributed by atoms with E-state index in [2.05, 4.69) is 24.3 Å². The molecule has 0 aromatic heterocycles. The van der Waals surface area contributed by atoms with Gasteiger partial charge < -0.3 is 4.74 Å². The molecule has 2 saturated carbocycles. The summed E-state index contributed by atoms with van der Waals surface area (Å²) in [4.78, 5) is 13.3. The zero-order valence-electron chi connectivity index (χ0n) is 13.7. The Morgan fingerprint density at radius 3 is 2.55 bits per heavy atom. The molecule has 0 saturated heterocycles. The maximum absolute atomic E-state index is 13.3. The van der Waals surface area contributed by atoms with E-state index in [9.17, 15) is 4.79 Å². The number of ether oxygens (including phenoxy) is 1. The molecule has 1 unspecified atom stereocenters. The first-order chi connectivity index (χ1) is 10.8. The van der Waals surface area contributed by atoms with Crippen molar-refractivity contribution >= 4 is 5.78 Å². The minimum Gasteiger partial charge on any atom is -0.381 e. The van der Waals surface area contributed by atoms with Crippen LogP contribution in [0.3, 0.4) is 0 Å². The number of ketones is 1. The van der Waals surface area contributed by atoms with E-state index in [-0.39, 0.29) is 11.5 Å². The van der Waals surface area contributed by atoms with Crippen molar-refractivity contribution in [2.24, 2.45) is 5.92 Å². The molecule has 0 heterocycles. The maximum atomic E-state index is 13.3. The quantitative estimate of drug-likeness (QED) is 0.794. The van der Waals surface area contributed by atoms with Gasteiger partial charge >= 0.3 is 0 Å². The molecular formula is C20H28O2. The summed E-state index contributed by atoms with van der Waals surface area (Å²) in [6.07, 6.45) is 10.1. The Kier molecular flexibility index (Phi) is 4.97. The number of methoxy groups -OCH3 is 1. The summed E-state index contributed by atoms with van der Waals surface area (Å²) >= 11 is 0. The van der Waals surface area contributed by atoms with Crippen LogP contribution in [0.15, 0.2) is 30.3 Å². The van der Waals surface area contributed by atoms with Gasteiger partial charge in [0.2, 0.25) is 0 Å². The van der Waals surface area contributed by atoms with Crippen molar-refractivity contribution in [3.8, 4) is 0 Å². The second kappa shape index (κ2) is 6.95. The zero-order valence-corrected chi connectivity index (χ0v) is 13.7. The number of carbonyl (C=O) groups excluding carboxylic acids is 1. The molecule has 0 N–H and O–H groups in total. The van der Waals surface area contributed by atoms with Crippen LogP contribution < -0.4 is 0 Å². The molecule has 2 aliphatic rings. The van der Waals surface area contributed by atoms with Crippen LogP contribution in [0.1, 0.15) is 63.4 Å². The first kappa shape index (κ1) is 15.7. The molecule has 0 bridgehead atoms. The lowest BCUT2D eigenvalue weighted by atomic mass is 9.58. The van der Waals surface area contributed by atoms with Gasteiger partial charge in [0, 0.05) is 13.5 Å². The minimum absolute atomic E-state index is 0.223. The number of hydrogen-bond acceptors (Lipinski definition) is 2. The van der Waals surface area contributed by atoms with Gasteiger partial charge in [-0.15, -0.1) is 0 Å². The Hall–Kier alpha value is -1.15. The lowest BCUT2D eigenvalue weighted by Gasteiger charge is -2.46. The lowest BCUT2D eigenvalue weighted by molar-refractivity contribution is -0.131. The van der Waals surface area contributed by atoms with Gasteiger partial charge in [-0.25, -0.2) is 0 Å². The molecule has 22 heavy (non-hydrogen) atoms. The Bertz CT molecular complexity index is 496. The molecular weight excluding hydrogens is 272 g/mol. The first-order valence-electron chi connectivity index (χ1n) is 8.89. The number of hydrogen-bond donors (Lipinski definition) is 0.